The van der Waals surface area contributed by atoms with Crippen molar-refractivity contribution in [2.75, 3.05) is 5.75 Å². The fourth-order valence-electron chi connectivity index (χ4n) is 1.93. The molecule has 0 radical (unpaired) electrons. The van der Waals surface area contributed by atoms with Crippen molar-refractivity contribution < 1.29 is 4.79 Å². The number of rotatable bonds is 8. The van der Waals surface area contributed by atoms with Crippen LogP contribution in [-0.2, 0) is 4.79 Å². The molecule has 0 bridgehead atoms. The average Bonchev–Trinajstić information content (AvgIpc) is 3.13. The van der Waals surface area contributed by atoms with Gasteiger partial charge in [0.05, 0.1) is 11.8 Å². The van der Waals surface area contributed by atoms with Gasteiger partial charge in [0, 0.05) is 6.04 Å². The number of carbonyl (C=O) groups excluding carboxylic acids is 1. The summed E-state index contributed by atoms with van der Waals surface area (Å²) in [5.41, 5.74) is 0. The molecule has 20 heavy (non-hydrogen) atoms. The van der Waals surface area contributed by atoms with Gasteiger partial charge in [-0.3, -0.25) is 4.79 Å². The van der Waals surface area contributed by atoms with Gasteiger partial charge in [0.1, 0.15) is 0 Å². The van der Waals surface area contributed by atoms with Gasteiger partial charge in [-0.1, -0.05) is 25.6 Å². The Balaban J connectivity index is 1.70. The summed E-state index contributed by atoms with van der Waals surface area (Å²) in [6, 6.07) is 0.672. The van der Waals surface area contributed by atoms with Gasteiger partial charge in [0.2, 0.25) is 11.1 Å². The molecule has 112 valence electrons. The minimum atomic E-state index is 0.0524. The summed E-state index contributed by atoms with van der Waals surface area (Å²) in [6.07, 6.45) is 4.43. The van der Waals surface area contributed by atoms with Gasteiger partial charge in [-0.15, -0.1) is 5.10 Å². The Morgan fingerprint density at radius 3 is 2.80 bits per heavy atom. The molecule has 0 saturated heterocycles. The summed E-state index contributed by atoms with van der Waals surface area (Å²) < 4.78 is 1.83. The molecule has 2 rings (SSSR count). The van der Waals surface area contributed by atoms with Crippen molar-refractivity contribution in [3.63, 3.8) is 0 Å². The van der Waals surface area contributed by atoms with Crippen LogP contribution >= 0.6 is 11.8 Å². The van der Waals surface area contributed by atoms with Crippen LogP contribution < -0.4 is 5.32 Å². The first-order valence-electron chi connectivity index (χ1n) is 7.26. The van der Waals surface area contributed by atoms with Crippen molar-refractivity contribution in [1.82, 2.24) is 25.5 Å². The van der Waals surface area contributed by atoms with E-state index in [0.29, 0.717) is 17.7 Å². The zero-order valence-electron chi connectivity index (χ0n) is 12.4. The van der Waals surface area contributed by atoms with E-state index in [1.165, 1.54) is 11.8 Å². The summed E-state index contributed by atoms with van der Waals surface area (Å²) in [7, 11) is 0. The third kappa shape index (κ3) is 4.77. The zero-order chi connectivity index (χ0) is 14.5. The van der Waals surface area contributed by atoms with Gasteiger partial charge < -0.3 is 5.32 Å². The van der Waals surface area contributed by atoms with Crippen molar-refractivity contribution in [3.05, 3.63) is 0 Å². The highest BCUT2D eigenvalue weighted by Crippen LogP contribution is 2.36. The Bertz CT molecular complexity index is 444. The minimum Gasteiger partial charge on any atom is -0.353 e. The van der Waals surface area contributed by atoms with Crippen LogP contribution in [0.25, 0.3) is 0 Å². The van der Waals surface area contributed by atoms with Gasteiger partial charge in [0.25, 0.3) is 0 Å². The molecule has 1 fully saturated rings. The van der Waals surface area contributed by atoms with E-state index in [4.69, 9.17) is 0 Å². The number of amides is 1. The third-order valence-corrected chi connectivity index (χ3v) is 4.21. The van der Waals surface area contributed by atoms with Crippen molar-refractivity contribution in [1.29, 1.82) is 0 Å². The molecule has 7 heteroatoms. The highest BCUT2D eigenvalue weighted by atomic mass is 32.2. The quantitative estimate of drug-likeness (QED) is 0.743. The molecule has 1 heterocycles. The van der Waals surface area contributed by atoms with Crippen molar-refractivity contribution in [3.8, 4) is 0 Å². The van der Waals surface area contributed by atoms with Crippen LogP contribution in [0.2, 0.25) is 0 Å². The first-order chi connectivity index (χ1) is 9.56. The molecule has 1 N–H and O–H groups in total. The summed E-state index contributed by atoms with van der Waals surface area (Å²) in [6.45, 7) is 6.45. The maximum atomic E-state index is 11.9. The fourth-order valence-corrected chi connectivity index (χ4v) is 2.69. The van der Waals surface area contributed by atoms with Crippen molar-refractivity contribution in [2.45, 2.75) is 63.7 Å². The number of nitrogens with zero attached hydrogens (tertiary/aromatic N) is 4. The van der Waals surface area contributed by atoms with E-state index < -0.39 is 0 Å². The van der Waals surface area contributed by atoms with E-state index >= 15 is 0 Å². The van der Waals surface area contributed by atoms with Gasteiger partial charge >= 0.3 is 0 Å². The summed E-state index contributed by atoms with van der Waals surface area (Å²) in [5.74, 6) is 1.10. The monoisotopic (exact) mass is 297 g/mol. The lowest BCUT2D eigenvalue weighted by Gasteiger charge is -2.14. The second kappa shape index (κ2) is 7.06. The largest absolute Gasteiger partial charge is 0.353 e. The van der Waals surface area contributed by atoms with Crippen LogP contribution in [0, 0.1) is 5.92 Å². The number of thioether (sulfide) groups is 1. The molecule has 1 amide bonds. The fraction of sp³-hybridized carbons (Fsp3) is 0.846. The maximum Gasteiger partial charge on any atom is 0.230 e. The van der Waals surface area contributed by atoms with Crippen LogP contribution in [0.4, 0.5) is 0 Å². The average molecular weight is 297 g/mol. The number of nitrogens with one attached hydrogen (secondary N) is 1. The minimum absolute atomic E-state index is 0.0524. The molecule has 1 aliphatic rings. The maximum absolute atomic E-state index is 11.9. The normalized spacial score (nSPS) is 16.4. The van der Waals surface area contributed by atoms with Crippen LogP contribution in [0.5, 0.6) is 0 Å². The van der Waals surface area contributed by atoms with Gasteiger partial charge in [0.15, 0.2) is 0 Å². The van der Waals surface area contributed by atoms with E-state index in [1.54, 1.807) is 0 Å². The zero-order valence-corrected chi connectivity index (χ0v) is 13.2. The molecule has 1 aromatic heterocycles. The highest BCUT2D eigenvalue weighted by molar-refractivity contribution is 7.99. The molecule has 0 aliphatic heterocycles. The summed E-state index contributed by atoms with van der Waals surface area (Å²) in [4.78, 5) is 11.9. The van der Waals surface area contributed by atoms with Crippen LogP contribution in [0.3, 0.4) is 0 Å². The number of hydrogen-bond donors (Lipinski definition) is 1. The van der Waals surface area contributed by atoms with Gasteiger partial charge in [-0.2, -0.15) is 0 Å². The van der Waals surface area contributed by atoms with Crippen LogP contribution in [0.15, 0.2) is 5.16 Å². The van der Waals surface area contributed by atoms with E-state index in [-0.39, 0.29) is 11.9 Å². The smallest absolute Gasteiger partial charge is 0.230 e. The second-order valence-corrected chi connectivity index (χ2v) is 6.81. The number of hydrogen-bond acceptors (Lipinski definition) is 5. The second-order valence-electron chi connectivity index (χ2n) is 5.87. The standard InChI is InChI=1S/C13H23N5OS/c1-9(2)4-5-10(3)14-12(19)8-20-13-15-16-17-18(13)11-6-7-11/h9-11H,4-8H2,1-3H3,(H,14,19). The van der Waals surface area contributed by atoms with Crippen molar-refractivity contribution in [2.24, 2.45) is 5.92 Å². The van der Waals surface area contributed by atoms with E-state index in [1.807, 2.05) is 4.68 Å². The SMILES string of the molecule is CC(C)CCC(C)NC(=O)CSc1nnnn1C1CC1. The molecular weight excluding hydrogens is 274 g/mol. The molecule has 0 spiro atoms. The highest BCUT2D eigenvalue weighted by Gasteiger charge is 2.28. The third-order valence-electron chi connectivity index (χ3n) is 3.27. The van der Waals surface area contributed by atoms with Gasteiger partial charge in [-0.05, 0) is 49.0 Å². The first kappa shape index (κ1) is 15.3. The lowest BCUT2D eigenvalue weighted by molar-refractivity contribution is -0.119. The van der Waals surface area contributed by atoms with E-state index in [9.17, 15) is 4.79 Å². The molecule has 1 aromatic rings. The van der Waals surface area contributed by atoms with E-state index in [2.05, 4.69) is 41.6 Å². The molecule has 1 atom stereocenters. The number of carbonyl (C=O) groups is 1. The lowest BCUT2D eigenvalue weighted by atomic mass is 10.0. The summed E-state index contributed by atoms with van der Waals surface area (Å²) in [5, 5.41) is 15.4. The first-order valence-corrected chi connectivity index (χ1v) is 8.25. The van der Waals surface area contributed by atoms with E-state index in [0.717, 1.165) is 30.8 Å². The lowest BCUT2D eigenvalue weighted by Crippen LogP contribution is -2.34. The Morgan fingerprint density at radius 2 is 2.15 bits per heavy atom. The number of aromatic nitrogens is 4. The molecule has 6 nitrogen and oxygen atoms in total. The molecule has 1 unspecified atom stereocenters. The van der Waals surface area contributed by atoms with Crippen LogP contribution in [0.1, 0.15) is 52.5 Å². The number of tetrazole rings is 1. The topological polar surface area (TPSA) is 72.7 Å². The molecule has 0 aromatic carbocycles. The summed E-state index contributed by atoms with van der Waals surface area (Å²) >= 11 is 1.41. The molecular formula is C13H23N5OS. The Hall–Kier alpha value is -1.11. The van der Waals surface area contributed by atoms with Crippen LogP contribution in [-0.4, -0.2) is 37.9 Å². The Labute approximate surface area is 124 Å². The molecule has 1 saturated carbocycles. The molecule has 1 aliphatic carbocycles. The van der Waals surface area contributed by atoms with Gasteiger partial charge in [-0.25, -0.2) is 4.68 Å². The predicted octanol–water partition coefficient (Wildman–Crippen LogP) is 2.04. The van der Waals surface area contributed by atoms with Crippen molar-refractivity contribution >= 4 is 17.7 Å². The Morgan fingerprint density at radius 1 is 1.40 bits per heavy atom. The Kier molecular flexibility index (Phi) is 5.39. The predicted molar refractivity (Wildman–Crippen MR) is 78.5 cm³/mol.